The van der Waals surface area contributed by atoms with Crippen LogP contribution in [0.4, 0.5) is 10.1 Å². The molecule has 2 aromatic rings. The van der Waals surface area contributed by atoms with E-state index in [4.69, 9.17) is 0 Å². The number of fused-ring (bicyclic) bond motifs is 1. The van der Waals surface area contributed by atoms with Gasteiger partial charge < -0.3 is 5.32 Å². The Labute approximate surface area is 138 Å². The maximum absolute atomic E-state index is 13.4. The molecule has 0 radical (unpaired) electrons. The molecule has 1 unspecified atom stereocenters. The predicted molar refractivity (Wildman–Crippen MR) is 88.1 cm³/mol. The minimum absolute atomic E-state index is 0.0283. The normalized spacial score (nSPS) is 17.6. The van der Waals surface area contributed by atoms with E-state index in [1.165, 1.54) is 16.7 Å². The molecule has 0 bridgehead atoms. The van der Waals surface area contributed by atoms with Gasteiger partial charge >= 0.3 is 0 Å². The van der Waals surface area contributed by atoms with Crippen LogP contribution in [0.2, 0.25) is 0 Å². The summed E-state index contributed by atoms with van der Waals surface area (Å²) >= 11 is 0. The second-order valence-corrected chi connectivity index (χ2v) is 6.03. The van der Waals surface area contributed by atoms with E-state index < -0.39 is 11.7 Å². The molecule has 2 heterocycles. The number of benzene rings is 1. The summed E-state index contributed by atoms with van der Waals surface area (Å²) in [6, 6.07) is 9.42. The Bertz CT molecular complexity index is 871. The topological polar surface area (TPSA) is 63.5 Å². The first-order chi connectivity index (χ1) is 11.5. The molecule has 3 rings (SSSR count). The number of hydrogen-bond donors (Lipinski definition) is 1. The third-order valence-electron chi connectivity index (χ3n) is 3.82. The van der Waals surface area contributed by atoms with Crippen LogP contribution in [0.1, 0.15) is 36.5 Å². The van der Waals surface area contributed by atoms with Gasteiger partial charge in [0.25, 0.3) is 0 Å². The SMILES string of the molecule is CC(C)N=c1ccccn1C(=O)C1CC(=O)Nc2cc(F)ccc21. The van der Waals surface area contributed by atoms with Crippen molar-refractivity contribution in [3.8, 4) is 0 Å². The summed E-state index contributed by atoms with van der Waals surface area (Å²) < 4.78 is 14.9. The first-order valence-electron chi connectivity index (χ1n) is 7.81. The van der Waals surface area contributed by atoms with Crippen molar-refractivity contribution in [2.24, 2.45) is 4.99 Å². The molecule has 0 aliphatic carbocycles. The Kier molecular flexibility index (Phi) is 4.29. The van der Waals surface area contributed by atoms with Crippen molar-refractivity contribution in [1.82, 2.24) is 4.57 Å². The van der Waals surface area contributed by atoms with Crippen LogP contribution in [-0.2, 0) is 4.79 Å². The lowest BCUT2D eigenvalue weighted by atomic mass is 9.89. The van der Waals surface area contributed by atoms with E-state index >= 15 is 0 Å². The zero-order valence-corrected chi connectivity index (χ0v) is 13.5. The summed E-state index contributed by atoms with van der Waals surface area (Å²) in [5.74, 6) is -1.67. The lowest BCUT2D eigenvalue weighted by Gasteiger charge is -2.25. The van der Waals surface area contributed by atoms with E-state index in [9.17, 15) is 14.0 Å². The van der Waals surface area contributed by atoms with E-state index in [1.807, 2.05) is 19.9 Å². The molecular weight excluding hydrogens is 309 g/mol. The van der Waals surface area contributed by atoms with Gasteiger partial charge in [0.1, 0.15) is 11.3 Å². The maximum atomic E-state index is 13.4. The standard InChI is InChI=1S/C18H18FN3O2/c1-11(2)20-16-5-3-4-8-22(16)18(24)14-10-17(23)21-15-9-12(19)6-7-13(14)15/h3-9,11,14H,10H2,1-2H3,(H,21,23). The van der Waals surface area contributed by atoms with E-state index in [1.54, 1.807) is 24.4 Å². The zero-order chi connectivity index (χ0) is 17.3. The van der Waals surface area contributed by atoms with E-state index in [-0.39, 0.29) is 24.3 Å². The fourth-order valence-electron chi connectivity index (χ4n) is 2.82. The molecule has 1 amide bonds. The van der Waals surface area contributed by atoms with Crippen molar-refractivity contribution in [2.45, 2.75) is 32.2 Å². The average Bonchev–Trinajstić information content (AvgIpc) is 2.53. The molecule has 1 atom stereocenters. The van der Waals surface area contributed by atoms with E-state index in [0.717, 1.165) is 0 Å². The second kappa shape index (κ2) is 6.39. The number of halogens is 1. The summed E-state index contributed by atoms with van der Waals surface area (Å²) in [4.78, 5) is 29.4. The highest BCUT2D eigenvalue weighted by Gasteiger charge is 2.31. The fraction of sp³-hybridized carbons (Fsp3) is 0.278. The van der Waals surface area contributed by atoms with Crippen LogP contribution in [0.25, 0.3) is 0 Å². The minimum atomic E-state index is -0.664. The molecular formula is C18H18FN3O2. The van der Waals surface area contributed by atoms with Gasteiger partial charge in [-0.25, -0.2) is 4.39 Å². The molecule has 1 aliphatic rings. The van der Waals surface area contributed by atoms with Gasteiger partial charge in [-0.15, -0.1) is 0 Å². The second-order valence-electron chi connectivity index (χ2n) is 6.03. The summed E-state index contributed by atoms with van der Waals surface area (Å²) in [5.41, 5.74) is 1.50. The lowest BCUT2D eigenvalue weighted by molar-refractivity contribution is -0.116. The molecule has 1 N–H and O–H groups in total. The highest BCUT2D eigenvalue weighted by atomic mass is 19.1. The number of carbonyl (C=O) groups excluding carboxylic acids is 2. The highest BCUT2D eigenvalue weighted by molar-refractivity contribution is 6.01. The molecule has 0 spiro atoms. The molecule has 0 fully saturated rings. The molecule has 1 aromatic heterocycles. The van der Waals surface area contributed by atoms with Gasteiger partial charge in [-0.2, -0.15) is 0 Å². The Morgan fingerprint density at radius 3 is 2.88 bits per heavy atom. The van der Waals surface area contributed by atoms with Crippen molar-refractivity contribution in [3.63, 3.8) is 0 Å². The minimum Gasteiger partial charge on any atom is -0.326 e. The summed E-state index contributed by atoms with van der Waals surface area (Å²) in [6.07, 6.45) is 1.67. The lowest BCUT2D eigenvalue weighted by Crippen LogP contribution is -2.35. The van der Waals surface area contributed by atoms with Crippen LogP contribution in [0.5, 0.6) is 0 Å². The van der Waals surface area contributed by atoms with Crippen LogP contribution >= 0.6 is 0 Å². The Morgan fingerprint density at radius 2 is 2.12 bits per heavy atom. The van der Waals surface area contributed by atoms with E-state index in [0.29, 0.717) is 16.7 Å². The van der Waals surface area contributed by atoms with Crippen LogP contribution in [0.15, 0.2) is 47.6 Å². The summed E-state index contributed by atoms with van der Waals surface area (Å²) in [5, 5.41) is 2.62. The van der Waals surface area contributed by atoms with Gasteiger partial charge in [-0.1, -0.05) is 12.1 Å². The number of nitrogens with one attached hydrogen (secondary N) is 1. The molecule has 124 valence electrons. The Morgan fingerprint density at radius 1 is 1.33 bits per heavy atom. The molecule has 1 aromatic carbocycles. The molecule has 1 aliphatic heterocycles. The number of pyridine rings is 1. The number of aromatic nitrogens is 1. The number of amides is 1. The monoisotopic (exact) mass is 327 g/mol. The van der Waals surface area contributed by atoms with Crippen molar-refractivity contribution in [3.05, 3.63) is 59.5 Å². The average molecular weight is 327 g/mol. The van der Waals surface area contributed by atoms with Crippen LogP contribution in [0, 0.1) is 5.82 Å². The first kappa shape index (κ1) is 16.1. The Hall–Kier alpha value is -2.76. The van der Waals surface area contributed by atoms with Crippen molar-refractivity contribution >= 4 is 17.5 Å². The van der Waals surface area contributed by atoms with Crippen molar-refractivity contribution in [2.75, 3.05) is 5.32 Å². The van der Waals surface area contributed by atoms with Crippen molar-refractivity contribution < 1.29 is 14.0 Å². The molecule has 0 saturated heterocycles. The smallest absolute Gasteiger partial charge is 0.240 e. The third-order valence-corrected chi connectivity index (χ3v) is 3.82. The number of nitrogens with zero attached hydrogens (tertiary/aromatic N) is 2. The quantitative estimate of drug-likeness (QED) is 0.922. The van der Waals surface area contributed by atoms with Crippen LogP contribution < -0.4 is 10.8 Å². The van der Waals surface area contributed by atoms with Gasteiger partial charge in [-0.3, -0.25) is 19.1 Å². The largest absolute Gasteiger partial charge is 0.326 e. The maximum Gasteiger partial charge on any atom is 0.240 e. The van der Waals surface area contributed by atoms with Crippen LogP contribution in [-0.4, -0.2) is 22.4 Å². The van der Waals surface area contributed by atoms with Gasteiger partial charge in [0, 0.05) is 24.3 Å². The van der Waals surface area contributed by atoms with Crippen molar-refractivity contribution in [1.29, 1.82) is 0 Å². The van der Waals surface area contributed by atoms with Gasteiger partial charge in [0.05, 0.1) is 5.92 Å². The molecule has 5 nitrogen and oxygen atoms in total. The molecule has 6 heteroatoms. The Balaban J connectivity index is 2.08. The van der Waals surface area contributed by atoms with Crippen LogP contribution in [0.3, 0.4) is 0 Å². The van der Waals surface area contributed by atoms with Gasteiger partial charge in [0.2, 0.25) is 11.8 Å². The zero-order valence-electron chi connectivity index (χ0n) is 13.5. The predicted octanol–water partition coefficient (Wildman–Crippen LogP) is 2.70. The number of anilines is 1. The highest BCUT2D eigenvalue weighted by Crippen LogP contribution is 2.33. The van der Waals surface area contributed by atoms with Gasteiger partial charge in [-0.05, 0) is 43.7 Å². The van der Waals surface area contributed by atoms with E-state index in [2.05, 4.69) is 10.3 Å². The molecule has 24 heavy (non-hydrogen) atoms. The third kappa shape index (κ3) is 3.13. The fourth-order valence-corrected chi connectivity index (χ4v) is 2.82. The molecule has 0 saturated carbocycles. The number of carbonyl (C=O) groups is 2. The summed E-state index contributed by atoms with van der Waals surface area (Å²) in [6.45, 7) is 3.85. The summed E-state index contributed by atoms with van der Waals surface area (Å²) in [7, 11) is 0. The van der Waals surface area contributed by atoms with Gasteiger partial charge in [0.15, 0.2) is 0 Å². The number of rotatable bonds is 2. The first-order valence-corrected chi connectivity index (χ1v) is 7.81. The number of hydrogen-bond acceptors (Lipinski definition) is 3.